The van der Waals surface area contributed by atoms with Crippen molar-refractivity contribution in [2.45, 2.75) is 49.6 Å². The average molecular weight is 434 g/mol. The normalized spacial score (nSPS) is 20.4. The monoisotopic (exact) mass is 434 g/mol. The molecule has 5 rings (SSSR count). The maximum atomic E-state index is 12.7. The Morgan fingerprint density at radius 3 is 2.25 bits per heavy atom. The first-order chi connectivity index (χ1) is 15.5. The van der Waals surface area contributed by atoms with Crippen molar-refractivity contribution in [2.75, 3.05) is 13.2 Å². The van der Waals surface area contributed by atoms with Crippen LogP contribution in [0.3, 0.4) is 0 Å². The first-order valence-corrected chi connectivity index (χ1v) is 11.1. The van der Waals surface area contributed by atoms with Crippen molar-refractivity contribution >= 4 is 18.0 Å². The Balaban J connectivity index is 1.21. The second kappa shape index (κ2) is 7.97. The number of aliphatic carboxylic acids is 1. The number of amides is 2. The number of carbonyl (C=O) groups excluding carboxylic acids is 2. The van der Waals surface area contributed by atoms with Gasteiger partial charge >= 0.3 is 12.1 Å². The van der Waals surface area contributed by atoms with Crippen LogP contribution in [-0.2, 0) is 14.3 Å². The summed E-state index contributed by atoms with van der Waals surface area (Å²) in [6.07, 6.45) is 2.13. The molecular weight excluding hydrogens is 408 g/mol. The van der Waals surface area contributed by atoms with Crippen molar-refractivity contribution in [3.05, 3.63) is 59.7 Å². The highest BCUT2D eigenvalue weighted by Crippen LogP contribution is 2.45. The average Bonchev–Trinajstić information content (AvgIpc) is 3.23. The lowest BCUT2D eigenvalue weighted by Gasteiger charge is -2.25. The fraction of sp³-hybridized carbons (Fsp3) is 0.400. The van der Waals surface area contributed by atoms with Gasteiger partial charge in [-0.15, -0.1) is 0 Å². The predicted molar refractivity (Wildman–Crippen MR) is 117 cm³/mol. The third-order valence-corrected chi connectivity index (χ3v) is 6.91. The van der Waals surface area contributed by atoms with Gasteiger partial charge in [0, 0.05) is 12.5 Å². The van der Waals surface area contributed by atoms with E-state index in [1.807, 2.05) is 24.3 Å². The zero-order valence-corrected chi connectivity index (χ0v) is 17.8. The first-order valence-electron chi connectivity index (χ1n) is 11.1. The molecule has 1 saturated heterocycles. The minimum absolute atomic E-state index is 0.0224. The van der Waals surface area contributed by atoms with Crippen molar-refractivity contribution < 1.29 is 24.2 Å². The number of carboxylic acids is 1. The molecule has 2 aliphatic carbocycles. The molecule has 1 aliphatic heterocycles. The van der Waals surface area contributed by atoms with Crippen LogP contribution in [0.4, 0.5) is 4.79 Å². The van der Waals surface area contributed by atoms with Crippen LogP contribution in [0.5, 0.6) is 0 Å². The number of hydrogen-bond acceptors (Lipinski definition) is 4. The fourth-order valence-electron chi connectivity index (χ4n) is 5.06. The van der Waals surface area contributed by atoms with E-state index in [-0.39, 0.29) is 24.9 Å². The van der Waals surface area contributed by atoms with E-state index < -0.39 is 23.6 Å². The van der Waals surface area contributed by atoms with Crippen molar-refractivity contribution in [1.29, 1.82) is 0 Å². The van der Waals surface area contributed by atoms with E-state index in [1.54, 1.807) is 0 Å². The maximum absolute atomic E-state index is 12.7. The number of hydrogen-bond donors (Lipinski definition) is 2. The minimum Gasteiger partial charge on any atom is -0.480 e. The molecular formula is C25H26N2O5. The van der Waals surface area contributed by atoms with E-state index in [2.05, 4.69) is 29.6 Å². The van der Waals surface area contributed by atoms with Gasteiger partial charge < -0.3 is 20.1 Å². The Kier molecular flexibility index (Phi) is 5.12. The number of nitrogens with one attached hydrogen (secondary N) is 1. The number of benzene rings is 2. The van der Waals surface area contributed by atoms with Gasteiger partial charge in [-0.2, -0.15) is 0 Å². The summed E-state index contributed by atoms with van der Waals surface area (Å²) in [6, 6.07) is 15.5. The molecule has 0 bridgehead atoms. The molecule has 2 aromatic carbocycles. The number of carboxylic acid groups (broad SMARTS) is 1. The number of alkyl carbamates (subject to hydrolysis) is 1. The molecule has 32 heavy (non-hydrogen) atoms. The SMILES string of the molecule is O=C(NC1(CC(=O)N2CCCC2C(=O)O)CC1)OCC1c2ccccc2-c2ccccc21. The number of likely N-dealkylation sites (tertiary alicyclic amines) is 1. The second-order valence-corrected chi connectivity index (χ2v) is 8.99. The Bertz CT molecular complexity index is 1030. The van der Waals surface area contributed by atoms with Crippen LogP contribution in [0.25, 0.3) is 11.1 Å². The highest BCUT2D eigenvalue weighted by molar-refractivity contribution is 5.86. The molecule has 2 amide bonds. The molecule has 2 N–H and O–H groups in total. The molecule has 2 fully saturated rings. The summed E-state index contributed by atoms with van der Waals surface area (Å²) in [6.45, 7) is 0.675. The molecule has 0 aromatic heterocycles. The minimum atomic E-state index is -0.967. The van der Waals surface area contributed by atoms with E-state index in [0.29, 0.717) is 32.2 Å². The smallest absolute Gasteiger partial charge is 0.407 e. The van der Waals surface area contributed by atoms with Gasteiger partial charge in [-0.25, -0.2) is 9.59 Å². The Morgan fingerprint density at radius 2 is 1.66 bits per heavy atom. The van der Waals surface area contributed by atoms with Crippen LogP contribution in [0.2, 0.25) is 0 Å². The lowest BCUT2D eigenvalue weighted by molar-refractivity contribution is -0.148. The van der Waals surface area contributed by atoms with Gasteiger partial charge in [-0.05, 0) is 47.9 Å². The molecule has 1 heterocycles. The predicted octanol–water partition coefficient (Wildman–Crippen LogP) is 3.52. The third kappa shape index (κ3) is 3.72. The summed E-state index contributed by atoms with van der Waals surface area (Å²) in [5, 5.41) is 12.2. The van der Waals surface area contributed by atoms with Crippen LogP contribution in [-0.4, -0.2) is 52.7 Å². The molecule has 0 spiro atoms. The van der Waals surface area contributed by atoms with E-state index in [0.717, 1.165) is 11.1 Å². The highest BCUT2D eigenvalue weighted by atomic mass is 16.5. The van der Waals surface area contributed by atoms with Gasteiger partial charge in [-0.1, -0.05) is 48.5 Å². The van der Waals surface area contributed by atoms with Crippen molar-refractivity contribution in [1.82, 2.24) is 10.2 Å². The van der Waals surface area contributed by atoms with Crippen molar-refractivity contribution in [3.63, 3.8) is 0 Å². The van der Waals surface area contributed by atoms with Gasteiger partial charge in [0.25, 0.3) is 0 Å². The molecule has 1 unspecified atom stereocenters. The third-order valence-electron chi connectivity index (χ3n) is 6.91. The van der Waals surface area contributed by atoms with E-state index >= 15 is 0 Å². The maximum Gasteiger partial charge on any atom is 0.407 e. The Morgan fingerprint density at radius 1 is 1.03 bits per heavy atom. The lowest BCUT2D eigenvalue weighted by atomic mass is 9.98. The van der Waals surface area contributed by atoms with Gasteiger partial charge in [-0.3, -0.25) is 4.79 Å². The molecule has 3 aliphatic rings. The zero-order chi connectivity index (χ0) is 22.3. The summed E-state index contributed by atoms with van der Waals surface area (Å²) < 4.78 is 5.61. The van der Waals surface area contributed by atoms with Crippen LogP contribution in [0.1, 0.15) is 49.1 Å². The molecule has 166 valence electrons. The van der Waals surface area contributed by atoms with Gasteiger partial charge in [0.2, 0.25) is 5.91 Å². The van der Waals surface area contributed by atoms with E-state index in [4.69, 9.17) is 4.74 Å². The number of fused-ring (bicyclic) bond motifs is 3. The number of nitrogens with zero attached hydrogens (tertiary/aromatic N) is 1. The number of ether oxygens (including phenoxy) is 1. The molecule has 2 aromatic rings. The van der Waals surface area contributed by atoms with E-state index in [1.165, 1.54) is 16.0 Å². The summed E-state index contributed by atoms with van der Waals surface area (Å²) in [5.41, 5.74) is 4.00. The van der Waals surface area contributed by atoms with Crippen molar-refractivity contribution in [3.8, 4) is 11.1 Å². The quantitative estimate of drug-likeness (QED) is 0.725. The first kappa shape index (κ1) is 20.5. The number of carbonyl (C=O) groups is 3. The largest absolute Gasteiger partial charge is 0.480 e. The molecule has 0 radical (unpaired) electrons. The number of rotatable bonds is 6. The van der Waals surface area contributed by atoms with Crippen LogP contribution >= 0.6 is 0 Å². The van der Waals surface area contributed by atoms with Gasteiger partial charge in [0.05, 0.1) is 12.0 Å². The van der Waals surface area contributed by atoms with Crippen LogP contribution < -0.4 is 5.32 Å². The molecule has 7 heteroatoms. The summed E-state index contributed by atoms with van der Waals surface area (Å²) in [7, 11) is 0. The summed E-state index contributed by atoms with van der Waals surface area (Å²) >= 11 is 0. The summed E-state index contributed by atoms with van der Waals surface area (Å²) in [4.78, 5) is 38.1. The Hall–Kier alpha value is -3.35. The van der Waals surface area contributed by atoms with Crippen molar-refractivity contribution in [2.24, 2.45) is 0 Å². The van der Waals surface area contributed by atoms with Gasteiger partial charge in [0.15, 0.2) is 0 Å². The van der Waals surface area contributed by atoms with Crippen LogP contribution in [0.15, 0.2) is 48.5 Å². The van der Waals surface area contributed by atoms with Gasteiger partial charge in [0.1, 0.15) is 12.6 Å². The fourth-order valence-corrected chi connectivity index (χ4v) is 5.06. The second-order valence-electron chi connectivity index (χ2n) is 8.99. The van der Waals surface area contributed by atoms with Crippen LogP contribution in [0, 0.1) is 0 Å². The molecule has 1 atom stereocenters. The highest BCUT2D eigenvalue weighted by Gasteiger charge is 2.48. The summed E-state index contributed by atoms with van der Waals surface area (Å²) in [5.74, 6) is -1.21. The standard InChI is InChI=1S/C25H26N2O5/c28-22(27-13-5-10-21(27)23(29)30)14-25(11-12-25)26-24(31)32-15-20-18-8-3-1-6-16(18)17-7-2-4-9-19(17)20/h1-4,6-9,20-21H,5,10-15H2,(H,26,31)(H,29,30). The van der Waals surface area contributed by atoms with E-state index in [9.17, 15) is 19.5 Å². The molecule has 7 nitrogen and oxygen atoms in total. The zero-order valence-electron chi connectivity index (χ0n) is 17.8. The lowest BCUT2D eigenvalue weighted by Crippen LogP contribution is -2.46. The topological polar surface area (TPSA) is 95.9 Å². The Labute approximate surface area is 186 Å². The molecule has 1 saturated carbocycles.